The first-order valence-electron chi connectivity index (χ1n) is 16.6. The maximum Gasteiger partial charge on any atom is 0.408 e. The zero-order chi connectivity index (χ0) is 36.3. The number of nitrogens with zero attached hydrogens (tertiary/aromatic N) is 3. The lowest BCUT2D eigenvalue weighted by atomic mass is 9.83. The Morgan fingerprint density at radius 2 is 1.86 bits per heavy atom. The molecule has 1 aliphatic heterocycles. The Bertz CT molecular complexity index is 1630. The number of hydrogen-bond donors (Lipinski definition) is 3. The highest BCUT2D eigenvalue weighted by Crippen LogP contribution is 2.43. The van der Waals surface area contributed by atoms with Crippen LogP contribution >= 0.6 is 0 Å². The van der Waals surface area contributed by atoms with Gasteiger partial charge in [-0.05, 0) is 100 Å². The van der Waals surface area contributed by atoms with Gasteiger partial charge < -0.3 is 34.5 Å². The van der Waals surface area contributed by atoms with Gasteiger partial charge in [-0.1, -0.05) is 19.9 Å². The standard InChI is InChI=1S/C36H49F3N4O6/c1-22(48-7)30-25(11-8-14-40-30)31-27(17-35(5,6)21-44)26-16-23(12-13-29(26)43(31)20-36(37,38)39)24-10-9-15-42(18-24)19-28(32(45)46)41-33(47)49-34(2,3)4/h8,11-14,16,22,24,28,44H,9-10,15,17-21H2,1-7H3,(H,41,47)(H,45,46)/t22-,24?,28-/m0/s1. The lowest BCUT2D eigenvalue weighted by molar-refractivity contribution is -0.140. The summed E-state index contributed by atoms with van der Waals surface area (Å²) in [5.74, 6) is -1.22. The molecular weight excluding hydrogens is 641 g/mol. The molecule has 3 heterocycles. The Morgan fingerprint density at radius 3 is 2.47 bits per heavy atom. The number of aliphatic hydroxyl groups is 1. The number of halogens is 3. The minimum absolute atomic E-state index is 0.0373. The first-order chi connectivity index (χ1) is 22.8. The monoisotopic (exact) mass is 690 g/mol. The number of amides is 1. The van der Waals surface area contributed by atoms with Gasteiger partial charge in [-0.3, -0.25) is 4.98 Å². The number of carboxylic acid groups (broad SMARTS) is 1. The number of hydrogen-bond acceptors (Lipinski definition) is 7. The maximum absolute atomic E-state index is 14.3. The first-order valence-corrected chi connectivity index (χ1v) is 16.6. The normalized spacial score (nSPS) is 17.6. The Balaban J connectivity index is 1.79. The summed E-state index contributed by atoms with van der Waals surface area (Å²) in [4.78, 5) is 30.9. The first kappa shape index (κ1) is 38.1. The number of alkyl carbamates (subject to hydrolysis) is 1. The molecule has 1 saturated heterocycles. The van der Waals surface area contributed by atoms with Crippen LogP contribution in [-0.4, -0.2) is 87.9 Å². The molecule has 0 aliphatic carbocycles. The predicted molar refractivity (Wildman–Crippen MR) is 180 cm³/mol. The van der Waals surface area contributed by atoms with E-state index in [2.05, 4.69) is 10.3 Å². The van der Waals surface area contributed by atoms with E-state index in [4.69, 9.17) is 9.47 Å². The topological polar surface area (TPSA) is 126 Å². The highest BCUT2D eigenvalue weighted by molar-refractivity contribution is 5.93. The number of carbonyl (C=O) groups excluding carboxylic acids is 1. The minimum atomic E-state index is -4.52. The van der Waals surface area contributed by atoms with Gasteiger partial charge in [0, 0.05) is 49.5 Å². The molecule has 0 saturated carbocycles. The quantitative estimate of drug-likeness (QED) is 0.192. The number of pyridine rings is 1. The molecule has 3 atom stereocenters. The van der Waals surface area contributed by atoms with Crippen molar-refractivity contribution in [3.63, 3.8) is 0 Å². The number of rotatable bonds is 12. The van der Waals surface area contributed by atoms with Gasteiger partial charge in [0.05, 0.1) is 17.5 Å². The zero-order valence-electron chi connectivity index (χ0n) is 29.4. The summed E-state index contributed by atoms with van der Waals surface area (Å²) in [6.45, 7) is 10.4. The van der Waals surface area contributed by atoms with Crippen molar-refractivity contribution < 1.29 is 42.4 Å². The van der Waals surface area contributed by atoms with Crippen molar-refractivity contribution >= 4 is 23.0 Å². The third-order valence-electron chi connectivity index (χ3n) is 8.85. The number of methoxy groups -OCH3 is 1. The fraction of sp³-hybridized carbons (Fsp3) is 0.583. The van der Waals surface area contributed by atoms with Crippen molar-refractivity contribution in [1.82, 2.24) is 19.8 Å². The van der Waals surface area contributed by atoms with Crippen molar-refractivity contribution in [3.05, 3.63) is 53.3 Å². The lowest BCUT2D eigenvalue weighted by Crippen LogP contribution is -2.51. The fourth-order valence-electron chi connectivity index (χ4n) is 6.50. The molecule has 1 unspecified atom stereocenters. The smallest absolute Gasteiger partial charge is 0.408 e. The van der Waals surface area contributed by atoms with Crippen LogP contribution in [0.3, 0.4) is 0 Å². The Morgan fingerprint density at radius 1 is 1.14 bits per heavy atom. The number of alkyl halides is 3. The van der Waals surface area contributed by atoms with Crippen molar-refractivity contribution in [3.8, 4) is 11.3 Å². The maximum atomic E-state index is 14.3. The van der Waals surface area contributed by atoms with Gasteiger partial charge >= 0.3 is 18.2 Å². The van der Waals surface area contributed by atoms with Crippen molar-refractivity contribution in [2.24, 2.45) is 5.41 Å². The van der Waals surface area contributed by atoms with E-state index in [1.165, 1.54) is 11.7 Å². The van der Waals surface area contributed by atoms with Gasteiger partial charge in [0.2, 0.25) is 0 Å². The number of piperidine rings is 1. The number of carboxylic acids is 1. The molecule has 0 spiro atoms. The molecule has 0 bridgehead atoms. The SMILES string of the molecule is CO[C@@H](C)c1ncccc1-c1c(CC(C)(C)CO)c2cc(C3CCCN(C[C@H](NC(=O)OC(C)(C)C)C(=O)O)C3)ccc2n1CC(F)(F)F. The van der Waals surface area contributed by atoms with Crippen LogP contribution in [0.25, 0.3) is 22.2 Å². The molecule has 1 fully saturated rings. The molecule has 0 radical (unpaired) electrons. The molecule has 49 heavy (non-hydrogen) atoms. The zero-order valence-corrected chi connectivity index (χ0v) is 29.4. The van der Waals surface area contributed by atoms with Gasteiger partial charge in [0.15, 0.2) is 0 Å². The van der Waals surface area contributed by atoms with E-state index in [0.29, 0.717) is 52.9 Å². The third kappa shape index (κ3) is 9.73. The summed E-state index contributed by atoms with van der Waals surface area (Å²) in [6, 6.07) is 7.80. The number of aliphatic carboxylic acids is 1. The van der Waals surface area contributed by atoms with Crippen molar-refractivity contribution in [2.45, 2.75) is 97.2 Å². The highest BCUT2D eigenvalue weighted by atomic mass is 19.4. The summed E-state index contributed by atoms with van der Waals surface area (Å²) >= 11 is 0. The number of ether oxygens (including phenoxy) is 2. The van der Waals surface area contributed by atoms with Gasteiger partial charge in [-0.25, -0.2) is 9.59 Å². The number of carbonyl (C=O) groups is 2. The summed E-state index contributed by atoms with van der Waals surface area (Å²) < 4.78 is 54.9. The van der Waals surface area contributed by atoms with Crippen LogP contribution in [0.2, 0.25) is 0 Å². The van der Waals surface area contributed by atoms with Crippen molar-refractivity contribution in [1.29, 1.82) is 0 Å². The summed E-state index contributed by atoms with van der Waals surface area (Å²) in [6.07, 6.45) is -2.37. The summed E-state index contributed by atoms with van der Waals surface area (Å²) in [5.41, 5.74) is 2.01. The molecule has 1 aliphatic rings. The number of benzene rings is 1. The fourth-order valence-corrected chi connectivity index (χ4v) is 6.50. The van der Waals surface area contributed by atoms with Gasteiger partial charge in [0.25, 0.3) is 0 Å². The molecular formula is C36H49F3N4O6. The van der Waals surface area contributed by atoms with Gasteiger partial charge in [0.1, 0.15) is 18.2 Å². The second kappa shape index (κ2) is 15.1. The summed E-state index contributed by atoms with van der Waals surface area (Å²) in [7, 11) is 1.52. The van der Waals surface area contributed by atoms with Gasteiger partial charge in [-0.15, -0.1) is 0 Å². The van der Waals surface area contributed by atoms with E-state index in [9.17, 15) is 33.0 Å². The molecule has 1 aromatic carbocycles. The average Bonchev–Trinajstić information content (AvgIpc) is 3.29. The van der Waals surface area contributed by atoms with E-state index < -0.39 is 47.9 Å². The van der Waals surface area contributed by atoms with E-state index in [-0.39, 0.29) is 19.1 Å². The highest BCUT2D eigenvalue weighted by Gasteiger charge is 2.35. The number of nitrogens with one attached hydrogen (secondary N) is 1. The second-order valence-corrected chi connectivity index (χ2v) is 14.8. The van der Waals surface area contributed by atoms with E-state index in [1.807, 2.05) is 30.9 Å². The Kier molecular flexibility index (Phi) is 11.7. The number of aromatic nitrogens is 2. The van der Waals surface area contributed by atoms with Crippen LogP contribution in [0.4, 0.5) is 18.0 Å². The average molecular weight is 691 g/mol. The second-order valence-electron chi connectivity index (χ2n) is 14.8. The predicted octanol–water partition coefficient (Wildman–Crippen LogP) is 6.69. The van der Waals surface area contributed by atoms with Crippen molar-refractivity contribution in [2.75, 3.05) is 33.4 Å². The minimum Gasteiger partial charge on any atom is -0.480 e. The van der Waals surface area contributed by atoms with Crippen LogP contribution in [0.5, 0.6) is 0 Å². The summed E-state index contributed by atoms with van der Waals surface area (Å²) in [5, 5.41) is 23.2. The van der Waals surface area contributed by atoms with Crippen LogP contribution in [0, 0.1) is 5.41 Å². The van der Waals surface area contributed by atoms with E-state index >= 15 is 0 Å². The molecule has 270 valence electrons. The Hall–Kier alpha value is -3.68. The molecule has 3 N–H and O–H groups in total. The van der Waals surface area contributed by atoms with Crippen LogP contribution in [-0.2, 0) is 27.2 Å². The molecule has 1 amide bonds. The third-order valence-corrected chi connectivity index (χ3v) is 8.85. The number of aliphatic hydroxyl groups excluding tert-OH is 1. The number of likely N-dealkylation sites (tertiary alicyclic amines) is 1. The van der Waals surface area contributed by atoms with E-state index in [1.54, 1.807) is 52.1 Å². The van der Waals surface area contributed by atoms with Crippen LogP contribution < -0.4 is 5.32 Å². The van der Waals surface area contributed by atoms with Crippen LogP contribution in [0.1, 0.15) is 83.2 Å². The lowest BCUT2D eigenvalue weighted by Gasteiger charge is -2.34. The molecule has 4 rings (SSSR count). The van der Waals surface area contributed by atoms with E-state index in [0.717, 1.165) is 18.4 Å². The molecule has 2 aromatic heterocycles. The largest absolute Gasteiger partial charge is 0.480 e. The number of fused-ring (bicyclic) bond motifs is 1. The molecule has 10 nitrogen and oxygen atoms in total. The molecule has 13 heteroatoms. The van der Waals surface area contributed by atoms with Gasteiger partial charge in [-0.2, -0.15) is 13.2 Å². The molecule has 3 aromatic rings. The Labute approximate surface area is 285 Å². The van der Waals surface area contributed by atoms with Crippen LogP contribution in [0.15, 0.2) is 36.5 Å².